The Balaban J connectivity index is 2.46. The summed E-state index contributed by atoms with van der Waals surface area (Å²) in [6, 6.07) is 7.86. The van der Waals surface area contributed by atoms with Crippen LogP contribution in [0.15, 0.2) is 24.3 Å². The second-order valence-corrected chi connectivity index (χ2v) is 5.29. The standard InChI is InChI=1S/C11H17NO2P/c1-12(2)10-4-6-11(7-5-10)14-8-9-15(3)13/h4-7H,8-9H2,1-3H3/q+1. The van der Waals surface area contributed by atoms with Gasteiger partial charge in [0.2, 0.25) is 0 Å². The van der Waals surface area contributed by atoms with Crippen LogP contribution in [0, 0.1) is 0 Å². The van der Waals surface area contributed by atoms with Gasteiger partial charge in [0.05, 0.1) is 0 Å². The molecule has 1 unspecified atom stereocenters. The first-order chi connectivity index (χ1) is 7.09. The third-order valence-electron chi connectivity index (χ3n) is 2.03. The number of hydrogen-bond donors (Lipinski definition) is 0. The van der Waals surface area contributed by atoms with Gasteiger partial charge in [-0.3, -0.25) is 0 Å². The summed E-state index contributed by atoms with van der Waals surface area (Å²) < 4.78 is 16.3. The molecule has 0 saturated carbocycles. The molecular weight excluding hydrogens is 209 g/mol. The second kappa shape index (κ2) is 5.72. The van der Waals surface area contributed by atoms with Crippen molar-refractivity contribution in [2.45, 2.75) is 0 Å². The van der Waals surface area contributed by atoms with Crippen LogP contribution in [0.25, 0.3) is 0 Å². The molecule has 4 heteroatoms. The van der Waals surface area contributed by atoms with Gasteiger partial charge in [0, 0.05) is 19.8 Å². The molecule has 1 aromatic carbocycles. The molecule has 0 amide bonds. The van der Waals surface area contributed by atoms with Crippen molar-refractivity contribution in [3.63, 3.8) is 0 Å². The number of ether oxygens (including phenoxy) is 1. The molecular formula is C11H17NO2P+. The Morgan fingerprint density at radius 2 is 1.87 bits per heavy atom. The first-order valence-electron chi connectivity index (χ1n) is 4.88. The van der Waals surface area contributed by atoms with E-state index in [1.165, 1.54) is 0 Å². The van der Waals surface area contributed by atoms with E-state index < -0.39 is 7.80 Å². The molecule has 0 aliphatic carbocycles. The minimum Gasteiger partial charge on any atom is -0.489 e. The van der Waals surface area contributed by atoms with Crippen molar-refractivity contribution in [3.05, 3.63) is 24.3 Å². The average Bonchev–Trinajstić information content (AvgIpc) is 2.18. The van der Waals surface area contributed by atoms with E-state index in [0.29, 0.717) is 12.8 Å². The van der Waals surface area contributed by atoms with Gasteiger partial charge < -0.3 is 9.64 Å². The van der Waals surface area contributed by atoms with Gasteiger partial charge in [0.25, 0.3) is 0 Å². The Morgan fingerprint density at radius 3 is 2.33 bits per heavy atom. The van der Waals surface area contributed by atoms with Crippen LogP contribution >= 0.6 is 7.80 Å². The highest BCUT2D eigenvalue weighted by Gasteiger charge is 2.05. The summed E-state index contributed by atoms with van der Waals surface area (Å²) in [5.74, 6) is 0.831. The van der Waals surface area contributed by atoms with Crippen LogP contribution in [0.3, 0.4) is 0 Å². The fraction of sp³-hybridized carbons (Fsp3) is 0.455. The lowest BCUT2D eigenvalue weighted by Crippen LogP contribution is -2.08. The molecule has 0 heterocycles. The normalized spacial score (nSPS) is 11.0. The second-order valence-electron chi connectivity index (χ2n) is 3.59. The van der Waals surface area contributed by atoms with Gasteiger partial charge in [0.15, 0.2) is 6.16 Å². The molecule has 0 bridgehead atoms. The maximum absolute atomic E-state index is 10.8. The van der Waals surface area contributed by atoms with Crippen molar-refractivity contribution in [1.82, 2.24) is 0 Å². The van der Waals surface area contributed by atoms with Crippen LogP contribution < -0.4 is 9.64 Å². The summed E-state index contributed by atoms with van der Waals surface area (Å²) in [6.45, 7) is 2.24. The average molecular weight is 226 g/mol. The predicted octanol–water partition coefficient (Wildman–Crippen LogP) is 2.59. The van der Waals surface area contributed by atoms with Crippen LogP contribution in [-0.2, 0) is 4.57 Å². The van der Waals surface area contributed by atoms with E-state index in [-0.39, 0.29) is 0 Å². The summed E-state index contributed by atoms with van der Waals surface area (Å²) in [6.07, 6.45) is 0.616. The fourth-order valence-electron chi connectivity index (χ4n) is 1.13. The van der Waals surface area contributed by atoms with E-state index in [1.54, 1.807) is 6.66 Å². The van der Waals surface area contributed by atoms with Gasteiger partial charge in [-0.25, -0.2) is 0 Å². The number of nitrogens with zero attached hydrogens (tertiary/aromatic N) is 1. The molecule has 0 aromatic heterocycles. The molecule has 15 heavy (non-hydrogen) atoms. The monoisotopic (exact) mass is 226 g/mol. The first-order valence-corrected chi connectivity index (χ1v) is 6.77. The Bertz CT molecular complexity index is 322. The molecule has 3 nitrogen and oxygen atoms in total. The lowest BCUT2D eigenvalue weighted by Gasteiger charge is -2.12. The molecule has 82 valence electrons. The quantitative estimate of drug-likeness (QED) is 0.723. The maximum atomic E-state index is 10.8. The Kier molecular flexibility index (Phi) is 4.57. The van der Waals surface area contributed by atoms with Gasteiger partial charge >= 0.3 is 7.80 Å². The summed E-state index contributed by atoms with van der Waals surface area (Å²) in [5, 5.41) is 0. The summed E-state index contributed by atoms with van der Waals surface area (Å²) in [7, 11) is 2.90. The highest BCUT2D eigenvalue weighted by atomic mass is 31.1. The number of anilines is 1. The lowest BCUT2D eigenvalue weighted by atomic mass is 10.3. The molecule has 0 N–H and O–H groups in total. The number of benzene rings is 1. The van der Waals surface area contributed by atoms with E-state index >= 15 is 0 Å². The van der Waals surface area contributed by atoms with Crippen LogP contribution in [0.1, 0.15) is 0 Å². The Labute approximate surface area is 91.8 Å². The van der Waals surface area contributed by atoms with E-state index in [2.05, 4.69) is 0 Å². The van der Waals surface area contributed by atoms with Gasteiger partial charge in [-0.1, -0.05) is 4.57 Å². The molecule has 0 aliphatic rings. The predicted molar refractivity (Wildman–Crippen MR) is 64.7 cm³/mol. The van der Waals surface area contributed by atoms with E-state index in [0.717, 1.165) is 11.4 Å². The minimum atomic E-state index is -1.10. The van der Waals surface area contributed by atoms with Crippen molar-refractivity contribution >= 4 is 13.5 Å². The van der Waals surface area contributed by atoms with Gasteiger partial charge in [-0.15, -0.1) is 0 Å². The molecule has 0 fully saturated rings. The van der Waals surface area contributed by atoms with Gasteiger partial charge in [0.1, 0.15) is 19.0 Å². The third-order valence-corrected chi connectivity index (χ3v) is 2.84. The zero-order chi connectivity index (χ0) is 11.3. The van der Waals surface area contributed by atoms with Crippen molar-refractivity contribution in [2.24, 2.45) is 0 Å². The maximum Gasteiger partial charge on any atom is 0.339 e. The molecule has 0 aliphatic heterocycles. The molecule has 1 atom stereocenters. The molecule has 0 radical (unpaired) electrons. The highest BCUT2D eigenvalue weighted by Crippen LogP contribution is 2.18. The highest BCUT2D eigenvalue weighted by molar-refractivity contribution is 7.43. The van der Waals surface area contributed by atoms with E-state index in [4.69, 9.17) is 4.74 Å². The molecule has 1 rings (SSSR count). The van der Waals surface area contributed by atoms with Crippen LogP contribution in [0.2, 0.25) is 0 Å². The van der Waals surface area contributed by atoms with Crippen molar-refractivity contribution in [1.29, 1.82) is 0 Å². The third kappa shape index (κ3) is 4.30. The van der Waals surface area contributed by atoms with Crippen LogP contribution in [0.4, 0.5) is 5.69 Å². The van der Waals surface area contributed by atoms with Gasteiger partial charge in [-0.2, -0.15) is 0 Å². The van der Waals surface area contributed by atoms with Crippen LogP contribution in [-0.4, -0.2) is 33.5 Å². The summed E-state index contributed by atoms with van der Waals surface area (Å²) in [5.41, 5.74) is 1.14. The molecule has 1 aromatic rings. The number of rotatable bonds is 5. The SMILES string of the molecule is CN(C)c1ccc(OCC[P+](C)=O)cc1. The topological polar surface area (TPSA) is 29.5 Å². The zero-order valence-electron chi connectivity index (χ0n) is 9.43. The van der Waals surface area contributed by atoms with Crippen molar-refractivity contribution in [2.75, 3.05) is 38.4 Å². The first kappa shape index (κ1) is 12.0. The van der Waals surface area contributed by atoms with Crippen molar-refractivity contribution < 1.29 is 9.30 Å². The molecule has 0 saturated heterocycles. The van der Waals surface area contributed by atoms with Crippen molar-refractivity contribution in [3.8, 4) is 5.75 Å². The Morgan fingerprint density at radius 1 is 1.27 bits per heavy atom. The summed E-state index contributed by atoms with van der Waals surface area (Å²) >= 11 is 0. The lowest BCUT2D eigenvalue weighted by molar-refractivity contribution is 0.342. The fourth-order valence-corrected chi connectivity index (χ4v) is 1.48. The number of hydrogen-bond acceptors (Lipinski definition) is 3. The van der Waals surface area contributed by atoms with Crippen LogP contribution in [0.5, 0.6) is 5.75 Å². The molecule has 0 spiro atoms. The van der Waals surface area contributed by atoms with E-state index in [9.17, 15) is 4.57 Å². The van der Waals surface area contributed by atoms with E-state index in [1.807, 2.05) is 43.3 Å². The van der Waals surface area contributed by atoms with Gasteiger partial charge in [-0.05, 0) is 24.3 Å². The zero-order valence-corrected chi connectivity index (χ0v) is 10.3. The smallest absolute Gasteiger partial charge is 0.339 e. The largest absolute Gasteiger partial charge is 0.489 e. The Hall–Kier alpha value is -1.08. The summed E-state index contributed by atoms with van der Waals surface area (Å²) in [4.78, 5) is 2.03. The minimum absolute atomic E-state index is 0.521.